The number of halogens is 1. The molecule has 0 heterocycles. The number of amides is 1. The van der Waals surface area contributed by atoms with Crippen LogP contribution in [0.4, 0.5) is 0 Å². The van der Waals surface area contributed by atoms with Crippen molar-refractivity contribution in [1.29, 1.82) is 0 Å². The second-order valence-electron chi connectivity index (χ2n) is 5.72. The van der Waals surface area contributed by atoms with Crippen LogP contribution >= 0.6 is 15.9 Å². The number of esters is 1. The van der Waals surface area contributed by atoms with Gasteiger partial charge >= 0.3 is 5.97 Å². The molecule has 1 atom stereocenters. The minimum atomic E-state index is -0.807. The fourth-order valence-electron chi connectivity index (χ4n) is 2.52. The average Bonchev–Trinajstić information content (AvgIpc) is 2.55. The largest absolute Gasteiger partial charge is 0.482 e. The zero-order valence-electron chi connectivity index (χ0n) is 13.2. The quantitative estimate of drug-likeness (QED) is 0.765. The molecule has 0 saturated heterocycles. The van der Waals surface area contributed by atoms with Crippen LogP contribution in [0.1, 0.15) is 39.0 Å². The highest BCUT2D eigenvalue weighted by Gasteiger charge is 2.22. The molecule has 1 fully saturated rings. The van der Waals surface area contributed by atoms with Crippen molar-refractivity contribution in [2.45, 2.75) is 51.2 Å². The molecule has 1 aliphatic carbocycles. The summed E-state index contributed by atoms with van der Waals surface area (Å²) < 4.78 is 11.4. The van der Waals surface area contributed by atoms with E-state index < -0.39 is 12.1 Å². The van der Waals surface area contributed by atoms with Gasteiger partial charge in [-0.25, -0.2) is 4.79 Å². The molecule has 1 saturated carbocycles. The molecule has 0 aromatic heterocycles. The van der Waals surface area contributed by atoms with E-state index in [1.807, 2.05) is 12.1 Å². The van der Waals surface area contributed by atoms with E-state index >= 15 is 0 Å². The molecule has 0 spiro atoms. The lowest BCUT2D eigenvalue weighted by atomic mass is 9.95. The maximum Gasteiger partial charge on any atom is 0.344 e. The first-order valence-corrected chi connectivity index (χ1v) is 8.72. The van der Waals surface area contributed by atoms with Gasteiger partial charge in [-0.3, -0.25) is 4.79 Å². The summed E-state index contributed by atoms with van der Waals surface area (Å²) in [5.74, 6) is -0.224. The van der Waals surface area contributed by atoms with E-state index in [0.717, 1.165) is 30.2 Å². The Balaban J connectivity index is 1.70. The highest BCUT2D eigenvalue weighted by molar-refractivity contribution is 9.10. The van der Waals surface area contributed by atoms with Gasteiger partial charge in [-0.1, -0.05) is 35.2 Å². The SMILES string of the molecule is CC(OC(=O)COc1ccc(Br)cc1)C(=O)NC1CCCCC1. The van der Waals surface area contributed by atoms with Gasteiger partial charge in [-0.2, -0.15) is 0 Å². The Labute approximate surface area is 144 Å². The molecule has 0 radical (unpaired) electrons. The van der Waals surface area contributed by atoms with Crippen LogP contribution in [0.15, 0.2) is 28.7 Å². The Bertz CT molecular complexity index is 526. The number of benzene rings is 1. The number of nitrogens with one attached hydrogen (secondary N) is 1. The molecule has 1 aromatic carbocycles. The third kappa shape index (κ3) is 6.22. The molecule has 1 amide bonds. The minimum absolute atomic E-state index is 0.205. The normalized spacial score (nSPS) is 16.4. The third-order valence-corrected chi connectivity index (χ3v) is 4.33. The molecule has 2 rings (SSSR count). The second kappa shape index (κ2) is 8.91. The van der Waals surface area contributed by atoms with E-state index in [2.05, 4.69) is 21.2 Å². The monoisotopic (exact) mass is 383 g/mol. The number of hydrogen-bond acceptors (Lipinski definition) is 4. The topological polar surface area (TPSA) is 64.6 Å². The Hall–Kier alpha value is -1.56. The fraction of sp³-hybridized carbons (Fsp3) is 0.529. The minimum Gasteiger partial charge on any atom is -0.482 e. The first kappa shape index (κ1) is 17.8. The Morgan fingerprint density at radius 3 is 2.52 bits per heavy atom. The molecule has 0 aliphatic heterocycles. The van der Waals surface area contributed by atoms with Crippen LogP contribution in [-0.2, 0) is 14.3 Å². The molecule has 126 valence electrons. The first-order valence-electron chi connectivity index (χ1n) is 7.93. The van der Waals surface area contributed by atoms with Crippen molar-refractivity contribution in [3.8, 4) is 5.75 Å². The number of hydrogen-bond donors (Lipinski definition) is 1. The van der Waals surface area contributed by atoms with Crippen molar-refractivity contribution in [2.24, 2.45) is 0 Å². The molecule has 6 heteroatoms. The van der Waals surface area contributed by atoms with Crippen molar-refractivity contribution < 1.29 is 19.1 Å². The molecule has 0 bridgehead atoms. The standard InChI is InChI=1S/C17H22BrNO4/c1-12(17(21)19-14-5-3-2-4-6-14)23-16(20)11-22-15-9-7-13(18)8-10-15/h7-10,12,14H,2-6,11H2,1H3,(H,19,21). The molecular weight excluding hydrogens is 362 g/mol. The summed E-state index contributed by atoms with van der Waals surface area (Å²) in [6.07, 6.45) is 4.70. The van der Waals surface area contributed by atoms with E-state index in [1.165, 1.54) is 6.42 Å². The highest BCUT2D eigenvalue weighted by atomic mass is 79.9. The summed E-state index contributed by atoms with van der Waals surface area (Å²) in [4.78, 5) is 23.8. The van der Waals surface area contributed by atoms with Crippen LogP contribution in [0.25, 0.3) is 0 Å². The zero-order valence-corrected chi connectivity index (χ0v) is 14.8. The van der Waals surface area contributed by atoms with E-state index in [-0.39, 0.29) is 18.6 Å². The number of carbonyl (C=O) groups is 2. The summed E-state index contributed by atoms with van der Waals surface area (Å²) in [5, 5.41) is 2.94. The average molecular weight is 384 g/mol. The predicted molar refractivity (Wildman–Crippen MR) is 90.2 cm³/mol. The smallest absolute Gasteiger partial charge is 0.344 e. The highest BCUT2D eigenvalue weighted by Crippen LogP contribution is 2.18. The van der Waals surface area contributed by atoms with Gasteiger partial charge < -0.3 is 14.8 Å². The van der Waals surface area contributed by atoms with E-state index in [1.54, 1.807) is 19.1 Å². The molecule has 23 heavy (non-hydrogen) atoms. The fourth-order valence-corrected chi connectivity index (χ4v) is 2.79. The van der Waals surface area contributed by atoms with Gasteiger partial charge in [-0.15, -0.1) is 0 Å². The van der Waals surface area contributed by atoms with Crippen LogP contribution in [0.3, 0.4) is 0 Å². The van der Waals surface area contributed by atoms with Gasteiger partial charge in [0.2, 0.25) is 0 Å². The predicted octanol–water partition coefficient (Wildman–Crippen LogP) is 3.21. The molecule has 1 aliphatic rings. The van der Waals surface area contributed by atoms with Crippen LogP contribution in [0.5, 0.6) is 5.75 Å². The van der Waals surface area contributed by atoms with E-state index in [9.17, 15) is 9.59 Å². The van der Waals surface area contributed by atoms with Gasteiger partial charge in [0, 0.05) is 10.5 Å². The Morgan fingerprint density at radius 1 is 1.22 bits per heavy atom. The van der Waals surface area contributed by atoms with E-state index in [4.69, 9.17) is 9.47 Å². The molecule has 1 aromatic rings. The lowest BCUT2D eigenvalue weighted by Gasteiger charge is -2.24. The third-order valence-electron chi connectivity index (χ3n) is 3.80. The van der Waals surface area contributed by atoms with Crippen molar-refractivity contribution in [3.63, 3.8) is 0 Å². The Kier molecular flexibility index (Phi) is 6.89. The Morgan fingerprint density at radius 2 is 1.87 bits per heavy atom. The van der Waals surface area contributed by atoms with Crippen molar-refractivity contribution in [1.82, 2.24) is 5.32 Å². The maximum atomic E-state index is 12.0. The van der Waals surface area contributed by atoms with E-state index in [0.29, 0.717) is 5.75 Å². The van der Waals surface area contributed by atoms with Gasteiger partial charge in [0.1, 0.15) is 5.75 Å². The van der Waals surface area contributed by atoms with Crippen LogP contribution < -0.4 is 10.1 Å². The lowest BCUT2D eigenvalue weighted by Crippen LogP contribution is -2.43. The van der Waals surface area contributed by atoms with Crippen LogP contribution in [0, 0.1) is 0 Å². The molecule has 1 unspecified atom stereocenters. The van der Waals surface area contributed by atoms with Gasteiger partial charge in [0.25, 0.3) is 5.91 Å². The number of rotatable bonds is 6. The summed E-state index contributed by atoms with van der Waals surface area (Å²) in [7, 11) is 0. The summed E-state index contributed by atoms with van der Waals surface area (Å²) >= 11 is 3.32. The van der Waals surface area contributed by atoms with Crippen LogP contribution in [-0.4, -0.2) is 30.6 Å². The lowest BCUT2D eigenvalue weighted by molar-refractivity contribution is -0.156. The molecule has 1 N–H and O–H groups in total. The zero-order chi connectivity index (χ0) is 16.7. The van der Waals surface area contributed by atoms with Crippen molar-refractivity contribution in [2.75, 3.05) is 6.61 Å². The van der Waals surface area contributed by atoms with Gasteiger partial charge in [0.15, 0.2) is 12.7 Å². The molecule has 5 nitrogen and oxygen atoms in total. The molecular formula is C17H22BrNO4. The van der Waals surface area contributed by atoms with Gasteiger partial charge in [0.05, 0.1) is 0 Å². The summed E-state index contributed by atoms with van der Waals surface area (Å²) in [5.41, 5.74) is 0. The number of ether oxygens (including phenoxy) is 2. The maximum absolute atomic E-state index is 12.0. The van der Waals surface area contributed by atoms with Gasteiger partial charge in [-0.05, 0) is 44.0 Å². The van der Waals surface area contributed by atoms with Crippen molar-refractivity contribution in [3.05, 3.63) is 28.7 Å². The summed E-state index contributed by atoms with van der Waals surface area (Å²) in [6, 6.07) is 7.34. The van der Waals surface area contributed by atoms with Crippen molar-refractivity contribution >= 4 is 27.8 Å². The number of carbonyl (C=O) groups excluding carboxylic acids is 2. The first-order chi connectivity index (χ1) is 11.0. The summed E-state index contributed by atoms with van der Waals surface area (Å²) in [6.45, 7) is 1.36. The second-order valence-corrected chi connectivity index (χ2v) is 6.63. The van der Waals surface area contributed by atoms with Crippen LogP contribution in [0.2, 0.25) is 0 Å².